The summed E-state index contributed by atoms with van der Waals surface area (Å²) in [4.78, 5) is 1.18. The van der Waals surface area contributed by atoms with Crippen LogP contribution in [-0.4, -0.2) is 18.9 Å². The van der Waals surface area contributed by atoms with E-state index < -0.39 is 0 Å². The zero-order valence-corrected chi connectivity index (χ0v) is 12.9. The van der Waals surface area contributed by atoms with Gasteiger partial charge in [-0.15, -0.1) is 11.8 Å². The summed E-state index contributed by atoms with van der Waals surface area (Å²) >= 11 is 1.81. The monoisotopic (exact) mass is 303 g/mol. The first-order valence-corrected chi connectivity index (χ1v) is 7.99. The van der Waals surface area contributed by atoms with Crippen LogP contribution in [0.15, 0.2) is 47.4 Å². The van der Waals surface area contributed by atoms with Crippen molar-refractivity contribution >= 4 is 11.8 Å². The van der Waals surface area contributed by atoms with Gasteiger partial charge < -0.3 is 10.1 Å². The van der Waals surface area contributed by atoms with Crippen LogP contribution in [0.1, 0.15) is 17.2 Å². The number of hydrogen-bond acceptors (Lipinski definition) is 3. The highest BCUT2D eigenvalue weighted by Gasteiger charge is 2.29. The van der Waals surface area contributed by atoms with Crippen LogP contribution in [-0.2, 0) is 0 Å². The van der Waals surface area contributed by atoms with Crippen molar-refractivity contribution in [3.05, 3.63) is 59.4 Å². The maximum atomic E-state index is 13.3. The fourth-order valence-corrected chi connectivity index (χ4v) is 3.77. The molecule has 1 N–H and O–H groups in total. The van der Waals surface area contributed by atoms with Gasteiger partial charge in [0.15, 0.2) is 0 Å². The number of para-hydroxylation sites is 1. The molecule has 2 aromatic rings. The van der Waals surface area contributed by atoms with E-state index in [2.05, 4.69) is 11.4 Å². The van der Waals surface area contributed by atoms with E-state index in [1.807, 2.05) is 38.2 Å². The SMILES string of the molecule is CNC(c1ccc(F)cc1C)C1CSc2ccccc2O1. The van der Waals surface area contributed by atoms with Crippen molar-refractivity contribution in [2.75, 3.05) is 12.8 Å². The number of likely N-dealkylation sites (N-methyl/N-ethyl adjacent to an activating group) is 1. The molecule has 1 heterocycles. The summed E-state index contributed by atoms with van der Waals surface area (Å²) in [5.41, 5.74) is 2.03. The zero-order valence-electron chi connectivity index (χ0n) is 12.1. The summed E-state index contributed by atoms with van der Waals surface area (Å²) < 4.78 is 19.4. The van der Waals surface area contributed by atoms with E-state index in [1.54, 1.807) is 17.8 Å². The average molecular weight is 303 g/mol. The Bertz CT molecular complexity index is 646. The predicted molar refractivity (Wildman–Crippen MR) is 84.5 cm³/mol. The average Bonchev–Trinajstić information content (AvgIpc) is 2.50. The van der Waals surface area contributed by atoms with Gasteiger partial charge in [-0.25, -0.2) is 4.39 Å². The fraction of sp³-hybridized carbons (Fsp3) is 0.294. The summed E-state index contributed by atoms with van der Waals surface area (Å²) in [6.07, 6.45) is 0.0269. The molecule has 110 valence electrons. The van der Waals surface area contributed by atoms with Gasteiger partial charge in [0, 0.05) is 10.6 Å². The third-order valence-corrected chi connectivity index (χ3v) is 4.92. The smallest absolute Gasteiger partial charge is 0.133 e. The van der Waals surface area contributed by atoms with Crippen LogP contribution in [0.4, 0.5) is 4.39 Å². The number of ether oxygens (including phenoxy) is 1. The molecular formula is C17H18FNOS. The van der Waals surface area contributed by atoms with Crippen molar-refractivity contribution in [2.45, 2.75) is 24.0 Å². The van der Waals surface area contributed by atoms with Crippen LogP contribution in [0.25, 0.3) is 0 Å². The summed E-state index contributed by atoms with van der Waals surface area (Å²) in [7, 11) is 1.92. The quantitative estimate of drug-likeness (QED) is 0.928. The van der Waals surface area contributed by atoms with Gasteiger partial charge in [0.25, 0.3) is 0 Å². The first-order valence-electron chi connectivity index (χ1n) is 7.01. The van der Waals surface area contributed by atoms with Gasteiger partial charge in [-0.05, 0) is 49.4 Å². The highest BCUT2D eigenvalue weighted by Crippen LogP contribution is 2.38. The van der Waals surface area contributed by atoms with Gasteiger partial charge in [0.05, 0.1) is 6.04 Å². The lowest BCUT2D eigenvalue weighted by Gasteiger charge is -2.32. The van der Waals surface area contributed by atoms with Crippen LogP contribution in [0.2, 0.25) is 0 Å². The normalized spacial score (nSPS) is 18.7. The Kier molecular flexibility index (Phi) is 4.17. The number of aryl methyl sites for hydroxylation is 1. The second-order valence-corrected chi connectivity index (χ2v) is 6.24. The van der Waals surface area contributed by atoms with Crippen molar-refractivity contribution in [3.63, 3.8) is 0 Å². The molecule has 2 atom stereocenters. The molecule has 0 spiro atoms. The molecule has 4 heteroatoms. The number of nitrogens with one attached hydrogen (secondary N) is 1. The third-order valence-electron chi connectivity index (χ3n) is 3.78. The number of benzene rings is 2. The first kappa shape index (κ1) is 14.4. The molecule has 1 aliphatic rings. The molecule has 0 saturated carbocycles. The van der Waals surface area contributed by atoms with Gasteiger partial charge >= 0.3 is 0 Å². The highest BCUT2D eigenvalue weighted by atomic mass is 32.2. The van der Waals surface area contributed by atoms with Crippen LogP contribution in [0, 0.1) is 12.7 Å². The largest absolute Gasteiger partial charge is 0.486 e. The van der Waals surface area contributed by atoms with Crippen molar-refractivity contribution in [3.8, 4) is 5.75 Å². The molecule has 1 aliphatic heterocycles. The van der Waals surface area contributed by atoms with Gasteiger partial charge in [-0.1, -0.05) is 18.2 Å². The third kappa shape index (κ3) is 2.92. The molecule has 2 aromatic carbocycles. The van der Waals surface area contributed by atoms with Gasteiger partial charge in [0.2, 0.25) is 0 Å². The summed E-state index contributed by atoms with van der Waals surface area (Å²) in [6, 6.07) is 13.1. The van der Waals surface area contributed by atoms with Gasteiger partial charge in [-0.3, -0.25) is 0 Å². The minimum atomic E-state index is -0.199. The van der Waals surface area contributed by atoms with Crippen molar-refractivity contribution < 1.29 is 9.13 Å². The second-order valence-electron chi connectivity index (χ2n) is 5.18. The molecule has 0 aromatic heterocycles. The molecule has 2 unspecified atom stereocenters. The number of rotatable bonds is 3. The van der Waals surface area contributed by atoms with Crippen LogP contribution in [0.3, 0.4) is 0 Å². The second kappa shape index (κ2) is 6.08. The Hall–Kier alpha value is -1.52. The number of thioether (sulfide) groups is 1. The Morgan fingerprint density at radius 3 is 2.86 bits per heavy atom. The molecule has 3 rings (SSSR count). The molecule has 21 heavy (non-hydrogen) atoms. The Morgan fingerprint density at radius 2 is 2.10 bits per heavy atom. The molecule has 0 radical (unpaired) electrons. The van der Waals surface area contributed by atoms with E-state index >= 15 is 0 Å². The van der Waals surface area contributed by atoms with Crippen molar-refractivity contribution in [1.29, 1.82) is 0 Å². The molecule has 0 saturated heterocycles. The lowest BCUT2D eigenvalue weighted by molar-refractivity contribution is 0.170. The highest BCUT2D eigenvalue weighted by molar-refractivity contribution is 7.99. The lowest BCUT2D eigenvalue weighted by Crippen LogP contribution is -2.37. The van der Waals surface area contributed by atoms with E-state index in [1.165, 1.54) is 11.0 Å². The molecular weight excluding hydrogens is 285 g/mol. The summed E-state index contributed by atoms with van der Waals surface area (Å²) in [5, 5.41) is 3.32. The minimum absolute atomic E-state index is 0.0269. The topological polar surface area (TPSA) is 21.3 Å². The van der Waals surface area contributed by atoms with Crippen molar-refractivity contribution in [1.82, 2.24) is 5.32 Å². The maximum Gasteiger partial charge on any atom is 0.133 e. The van der Waals surface area contributed by atoms with E-state index in [4.69, 9.17) is 4.74 Å². The van der Waals surface area contributed by atoms with Crippen LogP contribution in [0.5, 0.6) is 5.75 Å². The maximum absolute atomic E-state index is 13.3. The molecule has 0 amide bonds. The standard InChI is InChI=1S/C17H18FNOS/c1-11-9-12(18)7-8-13(11)17(19-2)15-10-21-16-6-4-3-5-14(16)20-15/h3-9,15,17,19H,10H2,1-2H3. The van der Waals surface area contributed by atoms with Crippen LogP contribution >= 0.6 is 11.8 Å². The van der Waals surface area contributed by atoms with E-state index in [-0.39, 0.29) is 18.0 Å². The Balaban J connectivity index is 1.88. The molecule has 0 fully saturated rings. The fourth-order valence-electron chi connectivity index (χ4n) is 2.73. The lowest BCUT2D eigenvalue weighted by atomic mass is 9.97. The molecule has 0 aliphatic carbocycles. The molecule has 0 bridgehead atoms. The number of fused-ring (bicyclic) bond motifs is 1. The number of halogens is 1. The Morgan fingerprint density at radius 1 is 1.29 bits per heavy atom. The van der Waals surface area contributed by atoms with Gasteiger partial charge in [-0.2, -0.15) is 0 Å². The van der Waals surface area contributed by atoms with Gasteiger partial charge in [0.1, 0.15) is 17.7 Å². The zero-order chi connectivity index (χ0) is 14.8. The minimum Gasteiger partial charge on any atom is -0.486 e. The van der Waals surface area contributed by atoms with E-state index in [0.29, 0.717) is 0 Å². The predicted octanol–water partition coefficient (Wildman–Crippen LogP) is 3.95. The van der Waals surface area contributed by atoms with Crippen molar-refractivity contribution in [2.24, 2.45) is 0 Å². The Labute approximate surface area is 128 Å². The van der Waals surface area contributed by atoms with E-state index in [0.717, 1.165) is 22.6 Å². The molecule has 2 nitrogen and oxygen atoms in total. The van der Waals surface area contributed by atoms with Crippen LogP contribution < -0.4 is 10.1 Å². The summed E-state index contributed by atoms with van der Waals surface area (Å²) in [5.74, 6) is 1.61. The summed E-state index contributed by atoms with van der Waals surface area (Å²) in [6.45, 7) is 1.94. The first-order chi connectivity index (χ1) is 10.2. The number of hydrogen-bond donors (Lipinski definition) is 1. The van der Waals surface area contributed by atoms with E-state index in [9.17, 15) is 4.39 Å².